The first-order chi connectivity index (χ1) is 16.5. The Morgan fingerprint density at radius 1 is 1.29 bits per heavy atom. The molecule has 2 aromatic rings. The van der Waals surface area contributed by atoms with Gasteiger partial charge in [0.05, 0.1) is 29.4 Å². The third-order valence-electron chi connectivity index (χ3n) is 5.02. The van der Waals surface area contributed by atoms with Crippen molar-refractivity contribution in [2.45, 2.75) is 19.1 Å². The summed E-state index contributed by atoms with van der Waals surface area (Å²) in [7, 11) is -4.32. The molecule has 1 fully saturated rings. The second-order valence-electron chi connectivity index (χ2n) is 7.49. The predicted octanol–water partition coefficient (Wildman–Crippen LogP) is 2.43. The van der Waals surface area contributed by atoms with E-state index in [2.05, 4.69) is 4.98 Å². The lowest BCUT2D eigenvalue weighted by atomic mass is 9.98. The Labute approximate surface area is 197 Å². The molecule has 1 saturated heterocycles. The summed E-state index contributed by atoms with van der Waals surface area (Å²) in [6.45, 7) is 1.09. The van der Waals surface area contributed by atoms with Crippen LogP contribution in [0.4, 0.5) is 23.4 Å². The summed E-state index contributed by atoms with van der Waals surface area (Å²) in [5.41, 5.74) is -2.01. The van der Waals surface area contributed by atoms with Gasteiger partial charge in [-0.05, 0) is 19.1 Å². The highest BCUT2D eigenvalue weighted by atomic mass is 32.2. The summed E-state index contributed by atoms with van der Waals surface area (Å²) in [6.07, 6.45) is -3.15. The minimum atomic E-state index is -4.32. The number of aromatic nitrogens is 1. The maximum atomic E-state index is 13.7. The topological polar surface area (TPSA) is 129 Å². The number of pyridine rings is 1. The number of amides is 1. The number of nitrogens with one attached hydrogen (secondary N) is 1. The lowest BCUT2D eigenvalue weighted by Gasteiger charge is -2.39. The molecule has 186 valence electrons. The molecule has 0 spiro atoms. The quantitative estimate of drug-likeness (QED) is 0.420. The smallest absolute Gasteiger partial charge is 0.340 e. The molecule has 14 heteroatoms. The summed E-state index contributed by atoms with van der Waals surface area (Å²) in [4.78, 5) is 29.4. The van der Waals surface area contributed by atoms with Crippen molar-refractivity contribution in [2.75, 3.05) is 24.6 Å². The van der Waals surface area contributed by atoms with Crippen LogP contribution < -0.4 is 9.62 Å². The van der Waals surface area contributed by atoms with Crippen LogP contribution in [0, 0.1) is 28.9 Å². The molecule has 9 nitrogen and oxygen atoms in total. The summed E-state index contributed by atoms with van der Waals surface area (Å²) in [6, 6.07) is 5.00. The fourth-order valence-electron chi connectivity index (χ4n) is 3.31. The Morgan fingerprint density at radius 3 is 2.54 bits per heavy atom. The molecule has 1 aromatic heterocycles. The van der Waals surface area contributed by atoms with Crippen molar-refractivity contribution < 1.29 is 40.3 Å². The number of carbonyl (C=O) groups excluding carboxylic acids is 2. The minimum absolute atomic E-state index is 0.0786. The van der Waals surface area contributed by atoms with Crippen molar-refractivity contribution in [2.24, 2.45) is 5.92 Å². The Morgan fingerprint density at radius 2 is 1.97 bits per heavy atom. The SMILES string of the molecule is CCOC(=O)c1cc(C#N)c(N2CC(C(=O)NS(=O)(=O)Cc3ccc(F)cc3F)C2)nc1C(F)F. The van der Waals surface area contributed by atoms with Gasteiger partial charge < -0.3 is 9.64 Å². The second-order valence-corrected chi connectivity index (χ2v) is 9.21. The molecule has 1 aliphatic heterocycles. The first kappa shape index (κ1) is 25.9. The fourth-order valence-corrected chi connectivity index (χ4v) is 4.50. The summed E-state index contributed by atoms with van der Waals surface area (Å²) < 4.78 is 84.7. The normalized spacial score (nSPS) is 13.8. The summed E-state index contributed by atoms with van der Waals surface area (Å²) >= 11 is 0. The van der Waals surface area contributed by atoms with Crippen LogP contribution >= 0.6 is 0 Å². The van der Waals surface area contributed by atoms with Gasteiger partial charge in [0.1, 0.15) is 29.2 Å². The molecule has 0 radical (unpaired) electrons. The van der Waals surface area contributed by atoms with Crippen molar-refractivity contribution in [1.82, 2.24) is 9.71 Å². The van der Waals surface area contributed by atoms with Crippen LogP contribution in [0.1, 0.15) is 40.5 Å². The minimum Gasteiger partial charge on any atom is -0.462 e. The van der Waals surface area contributed by atoms with Gasteiger partial charge in [0.25, 0.3) is 6.43 Å². The average Bonchev–Trinajstić information content (AvgIpc) is 2.74. The van der Waals surface area contributed by atoms with Crippen LogP contribution in [0.3, 0.4) is 0 Å². The predicted molar refractivity (Wildman–Crippen MR) is 113 cm³/mol. The van der Waals surface area contributed by atoms with E-state index in [0.29, 0.717) is 6.07 Å². The number of hydrogen-bond acceptors (Lipinski definition) is 8. The largest absolute Gasteiger partial charge is 0.462 e. The van der Waals surface area contributed by atoms with Crippen molar-refractivity contribution in [3.05, 3.63) is 58.3 Å². The van der Waals surface area contributed by atoms with E-state index >= 15 is 0 Å². The molecular weight excluding hydrogens is 496 g/mol. The van der Waals surface area contributed by atoms with E-state index in [4.69, 9.17) is 4.74 Å². The second kappa shape index (κ2) is 10.3. The average molecular weight is 514 g/mol. The number of anilines is 1. The zero-order valence-electron chi connectivity index (χ0n) is 18.1. The van der Waals surface area contributed by atoms with E-state index in [1.807, 2.05) is 0 Å². The number of carbonyl (C=O) groups is 2. The van der Waals surface area contributed by atoms with E-state index in [-0.39, 0.29) is 36.6 Å². The number of rotatable bonds is 8. The third-order valence-corrected chi connectivity index (χ3v) is 6.23. The van der Waals surface area contributed by atoms with Crippen molar-refractivity contribution in [3.63, 3.8) is 0 Å². The first-order valence-electron chi connectivity index (χ1n) is 10.1. The summed E-state index contributed by atoms with van der Waals surface area (Å²) in [5.74, 6) is -5.99. The van der Waals surface area contributed by atoms with Crippen molar-refractivity contribution >= 4 is 27.7 Å². The molecule has 0 atom stereocenters. The lowest BCUT2D eigenvalue weighted by molar-refractivity contribution is -0.123. The van der Waals surface area contributed by atoms with Crippen LogP contribution in [-0.4, -0.2) is 45.0 Å². The molecular formula is C21H18F4N4O5S. The Kier molecular flexibility index (Phi) is 7.59. The van der Waals surface area contributed by atoms with Gasteiger partial charge in [-0.25, -0.2) is 35.8 Å². The molecule has 35 heavy (non-hydrogen) atoms. The van der Waals surface area contributed by atoms with E-state index < -0.39 is 62.9 Å². The van der Waals surface area contributed by atoms with Crippen LogP contribution in [-0.2, 0) is 25.3 Å². The highest BCUT2D eigenvalue weighted by Gasteiger charge is 2.37. The van der Waals surface area contributed by atoms with Gasteiger partial charge in [0, 0.05) is 24.7 Å². The van der Waals surface area contributed by atoms with Crippen molar-refractivity contribution in [1.29, 1.82) is 5.26 Å². The van der Waals surface area contributed by atoms with Gasteiger partial charge in [-0.3, -0.25) is 9.52 Å². The van der Waals surface area contributed by atoms with Gasteiger partial charge in [-0.1, -0.05) is 6.07 Å². The van der Waals surface area contributed by atoms with E-state index in [1.165, 1.54) is 11.8 Å². The maximum absolute atomic E-state index is 13.7. The number of esters is 1. The third kappa shape index (κ3) is 5.86. The number of nitrogens with zero attached hydrogens (tertiary/aromatic N) is 3. The van der Waals surface area contributed by atoms with Crippen LogP contribution in [0.15, 0.2) is 24.3 Å². The molecule has 1 amide bonds. The molecule has 1 aromatic carbocycles. The van der Waals surface area contributed by atoms with E-state index in [1.54, 1.807) is 10.8 Å². The lowest BCUT2D eigenvalue weighted by Crippen LogP contribution is -2.55. The van der Waals surface area contributed by atoms with Gasteiger partial charge in [-0.15, -0.1) is 0 Å². The van der Waals surface area contributed by atoms with Gasteiger partial charge >= 0.3 is 5.97 Å². The Bertz CT molecular complexity index is 1310. The zero-order chi connectivity index (χ0) is 25.9. The number of nitriles is 1. The molecule has 1 N–H and O–H groups in total. The number of halogens is 4. The standard InChI is InChI=1S/C21H18F4N4O5S/c1-2-34-21(31)15-5-12(7-26)19(27-17(15)18(24)25)29-8-13(9-29)20(30)28-35(32,33)10-11-3-4-14(22)6-16(11)23/h3-6,13,18H,2,8-10H2,1H3,(H,28,30). The number of hydrogen-bond donors (Lipinski definition) is 1. The molecule has 1 aliphatic rings. The number of benzene rings is 1. The van der Waals surface area contributed by atoms with Crippen LogP contribution in [0.5, 0.6) is 0 Å². The number of ether oxygens (including phenoxy) is 1. The monoisotopic (exact) mass is 514 g/mol. The molecule has 0 unspecified atom stereocenters. The zero-order valence-corrected chi connectivity index (χ0v) is 18.9. The molecule has 3 rings (SSSR count). The van der Waals surface area contributed by atoms with Gasteiger partial charge in [0.15, 0.2) is 0 Å². The molecule has 0 aliphatic carbocycles. The number of sulfonamides is 1. The first-order valence-corrected chi connectivity index (χ1v) is 11.7. The highest BCUT2D eigenvalue weighted by molar-refractivity contribution is 7.89. The van der Waals surface area contributed by atoms with Gasteiger partial charge in [-0.2, -0.15) is 5.26 Å². The molecule has 2 heterocycles. The maximum Gasteiger partial charge on any atom is 0.340 e. The summed E-state index contributed by atoms with van der Waals surface area (Å²) in [5, 5.41) is 9.39. The number of alkyl halides is 2. The van der Waals surface area contributed by atoms with Gasteiger partial charge in [0.2, 0.25) is 15.9 Å². The van der Waals surface area contributed by atoms with Crippen LogP contribution in [0.2, 0.25) is 0 Å². The van der Waals surface area contributed by atoms with E-state index in [9.17, 15) is 40.8 Å². The Hall–Kier alpha value is -3.73. The fraction of sp³-hybridized carbons (Fsp3) is 0.333. The molecule has 0 saturated carbocycles. The van der Waals surface area contributed by atoms with Crippen molar-refractivity contribution in [3.8, 4) is 6.07 Å². The molecule has 0 bridgehead atoms. The highest BCUT2D eigenvalue weighted by Crippen LogP contribution is 2.31. The Balaban J connectivity index is 1.72. The van der Waals surface area contributed by atoms with Crippen LogP contribution in [0.25, 0.3) is 0 Å². The van der Waals surface area contributed by atoms with E-state index in [0.717, 1.165) is 18.2 Å².